The van der Waals surface area contributed by atoms with Crippen LogP contribution in [-0.2, 0) is 4.74 Å². The van der Waals surface area contributed by atoms with Crippen molar-refractivity contribution in [2.24, 2.45) is 5.73 Å². The molecule has 0 spiro atoms. The van der Waals surface area contributed by atoms with Crippen molar-refractivity contribution in [3.05, 3.63) is 0 Å². The zero-order chi connectivity index (χ0) is 11.3. The highest BCUT2D eigenvalue weighted by atomic mass is 16.6. The summed E-state index contributed by atoms with van der Waals surface area (Å²) in [5.74, 6) is 0. The van der Waals surface area contributed by atoms with Gasteiger partial charge in [-0.1, -0.05) is 13.8 Å². The number of likely N-dealkylation sites (tertiary alicyclic amines) is 1. The molecule has 0 bridgehead atoms. The van der Waals surface area contributed by atoms with Crippen molar-refractivity contribution < 1.29 is 9.53 Å². The third kappa shape index (κ3) is 3.38. The minimum atomic E-state index is -0.352. The zero-order valence-corrected chi connectivity index (χ0v) is 9.79. The van der Waals surface area contributed by atoms with Gasteiger partial charge in [0.2, 0.25) is 0 Å². The minimum Gasteiger partial charge on any atom is -0.447 e. The van der Waals surface area contributed by atoms with Crippen LogP contribution in [0.5, 0.6) is 0 Å². The monoisotopic (exact) mass is 214 g/mol. The third-order valence-corrected chi connectivity index (χ3v) is 3.26. The van der Waals surface area contributed by atoms with Crippen molar-refractivity contribution >= 4 is 6.09 Å². The first-order chi connectivity index (χ1) is 7.11. The predicted octanol–water partition coefficient (Wildman–Crippen LogP) is 1.74. The molecule has 0 aromatic carbocycles. The Hall–Kier alpha value is -0.770. The Morgan fingerprint density at radius 2 is 1.87 bits per heavy atom. The fraction of sp³-hybridized carbons (Fsp3) is 0.909. The Morgan fingerprint density at radius 1 is 1.33 bits per heavy atom. The number of ether oxygens (including phenoxy) is 1. The second kappa shape index (κ2) is 5.35. The molecular formula is C11H22N2O2. The van der Waals surface area contributed by atoms with E-state index in [9.17, 15) is 4.79 Å². The molecule has 0 aromatic rings. The van der Waals surface area contributed by atoms with Gasteiger partial charge in [0.05, 0.1) is 0 Å². The molecule has 0 aliphatic carbocycles. The molecule has 1 saturated heterocycles. The molecule has 1 aliphatic heterocycles. The van der Waals surface area contributed by atoms with E-state index in [0.717, 1.165) is 38.8 Å². The van der Waals surface area contributed by atoms with Crippen LogP contribution in [0, 0.1) is 0 Å². The van der Waals surface area contributed by atoms with Gasteiger partial charge in [0.1, 0.15) is 6.61 Å². The lowest BCUT2D eigenvalue weighted by atomic mass is 9.96. The van der Waals surface area contributed by atoms with Crippen LogP contribution in [0.3, 0.4) is 0 Å². The van der Waals surface area contributed by atoms with E-state index in [1.54, 1.807) is 4.90 Å². The minimum absolute atomic E-state index is 0.204. The van der Waals surface area contributed by atoms with Gasteiger partial charge >= 0.3 is 6.09 Å². The first-order valence-electron chi connectivity index (χ1n) is 5.82. The third-order valence-electron chi connectivity index (χ3n) is 3.26. The van der Waals surface area contributed by atoms with Gasteiger partial charge in [0.15, 0.2) is 0 Å². The molecule has 0 radical (unpaired) electrons. The van der Waals surface area contributed by atoms with E-state index in [-0.39, 0.29) is 11.6 Å². The van der Waals surface area contributed by atoms with Crippen molar-refractivity contribution in [3.8, 4) is 0 Å². The standard InChI is InChI=1S/C11H22N2O2/c1-3-11(12,4-2)9-15-10(14)13-7-5-6-8-13/h3-9,12H2,1-2H3. The van der Waals surface area contributed by atoms with Gasteiger partial charge in [0, 0.05) is 18.6 Å². The number of carbonyl (C=O) groups is 1. The number of amides is 1. The summed E-state index contributed by atoms with van der Waals surface area (Å²) in [6.07, 6.45) is 3.63. The van der Waals surface area contributed by atoms with Crippen LogP contribution in [0.1, 0.15) is 39.5 Å². The summed E-state index contributed by atoms with van der Waals surface area (Å²) in [4.78, 5) is 13.3. The average Bonchev–Trinajstić information content (AvgIpc) is 2.79. The van der Waals surface area contributed by atoms with Crippen LogP contribution in [0.4, 0.5) is 4.79 Å². The van der Waals surface area contributed by atoms with Gasteiger partial charge < -0.3 is 15.4 Å². The van der Waals surface area contributed by atoms with E-state index in [2.05, 4.69) is 0 Å². The van der Waals surface area contributed by atoms with Crippen molar-refractivity contribution in [1.82, 2.24) is 4.90 Å². The number of carbonyl (C=O) groups excluding carboxylic acids is 1. The van der Waals surface area contributed by atoms with E-state index in [1.807, 2.05) is 13.8 Å². The molecule has 2 N–H and O–H groups in total. The lowest BCUT2D eigenvalue weighted by molar-refractivity contribution is 0.0842. The molecule has 4 heteroatoms. The number of nitrogens with zero attached hydrogens (tertiary/aromatic N) is 1. The maximum Gasteiger partial charge on any atom is 0.409 e. The van der Waals surface area contributed by atoms with Crippen LogP contribution in [-0.4, -0.2) is 36.2 Å². The molecule has 1 heterocycles. The topological polar surface area (TPSA) is 55.6 Å². The summed E-state index contributed by atoms with van der Waals surface area (Å²) in [7, 11) is 0. The van der Waals surface area contributed by atoms with Crippen molar-refractivity contribution in [1.29, 1.82) is 0 Å². The van der Waals surface area contributed by atoms with Crippen LogP contribution in [0.15, 0.2) is 0 Å². The predicted molar refractivity (Wildman–Crippen MR) is 59.7 cm³/mol. The first kappa shape index (κ1) is 12.3. The summed E-state index contributed by atoms with van der Waals surface area (Å²) in [5.41, 5.74) is 5.70. The van der Waals surface area contributed by atoms with Crippen molar-refractivity contribution in [2.45, 2.75) is 45.1 Å². The highest BCUT2D eigenvalue weighted by Gasteiger charge is 2.25. The second-order valence-corrected chi connectivity index (χ2v) is 4.32. The molecule has 1 fully saturated rings. The molecule has 0 unspecified atom stereocenters. The summed E-state index contributed by atoms with van der Waals surface area (Å²) < 4.78 is 5.23. The van der Waals surface area contributed by atoms with Gasteiger partial charge in [-0.15, -0.1) is 0 Å². The Morgan fingerprint density at radius 3 is 2.33 bits per heavy atom. The Balaban J connectivity index is 2.32. The van der Waals surface area contributed by atoms with E-state index in [1.165, 1.54) is 0 Å². The average molecular weight is 214 g/mol. The molecule has 88 valence electrons. The largest absolute Gasteiger partial charge is 0.447 e. The summed E-state index contributed by atoms with van der Waals surface area (Å²) in [5, 5.41) is 0. The maximum absolute atomic E-state index is 11.6. The molecule has 0 atom stereocenters. The molecule has 15 heavy (non-hydrogen) atoms. The fourth-order valence-electron chi connectivity index (χ4n) is 1.65. The van der Waals surface area contributed by atoms with E-state index in [4.69, 9.17) is 10.5 Å². The molecule has 1 rings (SSSR count). The Bertz CT molecular complexity index is 209. The van der Waals surface area contributed by atoms with Gasteiger partial charge in [-0.25, -0.2) is 4.79 Å². The van der Waals surface area contributed by atoms with Crippen molar-refractivity contribution in [3.63, 3.8) is 0 Å². The van der Waals surface area contributed by atoms with Gasteiger partial charge in [-0.3, -0.25) is 0 Å². The molecular weight excluding hydrogens is 192 g/mol. The normalized spacial score (nSPS) is 16.9. The van der Waals surface area contributed by atoms with Crippen LogP contribution < -0.4 is 5.73 Å². The Labute approximate surface area is 91.8 Å². The van der Waals surface area contributed by atoms with Crippen molar-refractivity contribution in [2.75, 3.05) is 19.7 Å². The highest BCUT2D eigenvalue weighted by Crippen LogP contribution is 2.14. The van der Waals surface area contributed by atoms with Gasteiger partial charge in [-0.2, -0.15) is 0 Å². The van der Waals surface area contributed by atoms with E-state index >= 15 is 0 Å². The molecule has 0 aromatic heterocycles. The number of nitrogens with two attached hydrogens (primary N) is 1. The molecule has 1 aliphatic rings. The number of hydrogen-bond acceptors (Lipinski definition) is 3. The van der Waals surface area contributed by atoms with Gasteiger partial charge in [-0.05, 0) is 25.7 Å². The van der Waals surface area contributed by atoms with E-state index < -0.39 is 0 Å². The maximum atomic E-state index is 11.6. The zero-order valence-electron chi connectivity index (χ0n) is 9.79. The number of hydrogen-bond donors (Lipinski definition) is 1. The highest BCUT2D eigenvalue weighted by molar-refractivity contribution is 5.67. The summed E-state index contributed by atoms with van der Waals surface area (Å²) >= 11 is 0. The molecule has 4 nitrogen and oxygen atoms in total. The Kier molecular flexibility index (Phi) is 4.39. The van der Waals surface area contributed by atoms with E-state index in [0.29, 0.717) is 6.61 Å². The smallest absolute Gasteiger partial charge is 0.409 e. The molecule has 1 amide bonds. The van der Waals surface area contributed by atoms with Crippen LogP contribution in [0.2, 0.25) is 0 Å². The lowest BCUT2D eigenvalue weighted by Gasteiger charge is -2.27. The fourth-order valence-corrected chi connectivity index (χ4v) is 1.65. The summed E-state index contributed by atoms with van der Waals surface area (Å²) in [6.45, 7) is 6.03. The lowest BCUT2D eigenvalue weighted by Crippen LogP contribution is -2.45. The first-order valence-corrected chi connectivity index (χ1v) is 5.82. The SMILES string of the molecule is CCC(N)(CC)COC(=O)N1CCCC1. The quantitative estimate of drug-likeness (QED) is 0.775. The second-order valence-electron chi connectivity index (χ2n) is 4.32. The molecule has 0 saturated carbocycles. The van der Waals surface area contributed by atoms with Crippen LogP contribution >= 0.6 is 0 Å². The summed E-state index contributed by atoms with van der Waals surface area (Å²) in [6, 6.07) is 0. The van der Waals surface area contributed by atoms with Crippen LogP contribution in [0.25, 0.3) is 0 Å². The van der Waals surface area contributed by atoms with Gasteiger partial charge in [0.25, 0.3) is 0 Å². The number of rotatable bonds is 4.